The predicted molar refractivity (Wildman–Crippen MR) is 177 cm³/mol. The highest BCUT2D eigenvalue weighted by atomic mass is 16.7. The van der Waals surface area contributed by atoms with Crippen molar-refractivity contribution < 1.29 is 96.1 Å². The van der Waals surface area contributed by atoms with Gasteiger partial charge in [0.25, 0.3) is 0 Å². The highest BCUT2D eigenvalue weighted by Gasteiger charge is 2.24. The molecule has 0 aromatic heterocycles. The van der Waals surface area contributed by atoms with Crippen LogP contribution in [0.4, 0.5) is 0 Å². The van der Waals surface area contributed by atoms with Crippen LogP contribution in [0, 0.1) is 0 Å². The number of carbonyl (C=O) groups excluding carboxylic acids is 8. The van der Waals surface area contributed by atoms with Crippen LogP contribution >= 0.6 is 0 Å². The third kappa shape index (κ3) is 14.3. The largest absolute Gasteiger partial charge is 0.478 e. The Balaban J connectivity index is 1.83. The molecule has 2 aromatic carbocycles. The number of rotatable bonds is 20. The molecular weight excluding hydrogens is 740 g/mol. The number of carbonyl (C=O) groups is 10. The van der Waals surface area contributed by atoms with Crippen LogP contribution in [0.5, 0.6) is 0 Å². The van der Waals surface area contributed by atoms with Crippen LogP contribution in [-0.2, 0) is 57.1 Å². The molecule has 0 aliphatic rings. The molecule has 2 aromatic rings. The van der Waals surface area contributed by atoms with Crippen molar-refractivity contribution in [1.29, 1.82) is 0 Å². The van der Waals surface area contributed by atoms with Gasteiger partial charge in [-0.05, 0) is 50.2 Å². The van der Waals surface area contributed by atoms with E-state index in [2.05, 4.69) is 22.6 Å². The van der Waals surface area contributed by atoms with E-state index in [4.69, 9.17) is 28.4 Å². The molecule has 0 bridgehead atoms. The molecule has 0 atom stereocenters. The van der Waals surface area contributed by atoms with Crippen molar-refractivity contribution in [3.8, 4) is 0 Å². The van der Waals surface area contributed by atoms with Crippen molar-refractivity contribution in [2.75, 3.05) is 46.4 Å². The molecule has 55 heavy (non-hydrogen) atoms. The maximum atomic E-state index is 12.5. The van der Waals surface area contributed by atoms with Crippen LogP contribution in [0.2, 0.25) is 0 Å². The van der Waals surface area contributed by atoms with Gasteiger partial charge in [0.1, 0.15) is 26.4 Å². The molecule has 0 saturated heterocycles. The van der Waals surface area contributed by atoms with E-state index in [1.54, 1.807) is 0 Å². The number of ether oxygens (including phenoxy) is 8. The minimum atomic E-state index is -1.64. The van der Waals surface area contributed by atoms with E-state index in [1.807, 2.05) is 0 Å². The van der Waals surface area contributed by atoms with Gasteiger partial charge >= 0.3 is 59.7 Å². The second-order valence-corrected chi connectivity index (χ2v) is 10.5. The molecule has 0 saturated carbocycles. The molecule has 2 N–H and O–H groups in total. The lowest BCUT2D eigenvalue weighted by atomic mass is 10.0. The number of carboxylic acid groups (broad SMARTS) is 2. The Morgan fingerprint density at radius 3 is 1.15 bits per heavy atom. The molecule has 0 fully saturated rings. The first-order chi connectivity index (χ1) is 25.9. The van der Waals surface area contributed by atoms with Gasteiger partial charge in [0.2, 0.25) is 6.79 Å². The van der Waals surface area contributed by atoms with Crippen LogP contribution in [0.1, 0.15) is 76.0 Å². The van der Waals surface area contributed by atoms with E-state index in [0.29, 0.717) is 0 Å². The van der Waals surface area contributed by atoms with Crippen molar-refractivity contribution in [3.63, 3.8) is 0 Å². The second-order valence-electron chi connectivity index (χ2n) is 10.5. The van der Waals surface area contributed by atoms with Gasteiger partial charge in [0.15, 0.2) is 13.2 Å². The summed E-state index contributed by atoms with van der Waals surface area (Å²) < 4.78 is 37.9. The topological polar surface area (TPSA) is 285 Å². The van der Waals surface area contributed by atoms with Gasteiger partial charge in [-0.2, -0.15) is 0 Å². The first-order valence-corrected chi connectivity index (χ1v) is 15.3. The van der Waals surface area contributed by atoms with E-state index in [1.165, 1.54) is 13.8 Å². The maximum Gasteiger partial charge on any atom is 0.347 e. The molecule has 0 unspecified atom stereocenters. The summed E-state index contributed by atoms with van der Waals surface area (Å²) >= 11 is 0. The SMILES string of the molecule is C=C(C)C(=O)OCCOC(=O)c1ccc(C(=O)OCC(=O)OCOC(=O)COC(=O)c2ccc(C(=O)OCCOC(=O)C(=C)C)cc2C(=O)O)c(C(=O)O)c1. The van der Waals surface area contributed by atoms with Crippen LogP contribution in [-0.4, -0.2) is 116 Å². The molecule has 0 radical (unpaired) electrons. The molecule has 0 amide bonds. The standard InChI is InChI=1S/C35H32O20/c1-18(2)30(42)48-9-11-50-32(44)20-5-7-22(24(13-20)28(38)39)34(46)52-15-26(36)54-17-55-27(37)16-53-35(47)23-8-6-21(14-25(23)29(40)41)33(45)51-12-10-49-31(43)19(3)4/h5-8,13-14H,1,3,9-12,15-17H2,2,4H3,(H,38,39)(H,40,41). The highest BCUT2D eigenvalue weighted by molar-refractivity contribution is 6.06. The fourth-order valence-electron chi connectivity index (χ4n) is 3.65. The van der Waals surface area contributed by atoms with E-state index >= 15 is 0 Å². The van der Waals surface area contributed by atoms with Crippen molar-refractivity contribution in [1.82, 2.24) is 0 Å². The molecule has 292 valence electrons. The number of hydrogen-bond donors (Lipinski definition) is 2. The Morgan fingerprint density at radius 2 is 0.818 bits per heavy atom. The predicted octanol–water partition coefficient (Wildman–Crippen LogP) is 1.69. The van der Waals surface area contributed by atoms with Gasteiger partial charge in [-0.15, -0.1) is 0 Å². The van der Waals surface area contributed by atoms with Gasteiger partial charge in [0, 0.05) is 11.1 Å². The van der Waals surface area contributed by atoms with Crippen molar-refractivity contribution in [3.05, 3.63) is 94.1 Å². The van der Waals surface area contributed by atoms with Crippen molar-refractivity contribution >= 4 is 59.7 Å². The normalized spacial score (nSPS) is 10.1. The van der Waals surface area contributed by atoms with Gasteiger partial charge < -0.3 is 48.1 Å². The molecule has 0 aliphatic carbocycles. The molecule has 20 nitrogen and oxygen atoms in total. The summed E-state index contributed by atoms with van der Waals surface area (Å²) in [5.74, 6) is -11.8. The van der Waals surface area contributed by atoms with E-state index in [-0.39, 0.29) is 48.7 Å². The molecule has 0 heterocycles. The second kappa shape index (κ2) is 21.2. The molecular formula is C35H32O20. The molecule has 20 heteroatoms. The third-order valence-corrected chi connectivity index (χ3v) is 6.29. The summed E-state index contributed by atoms with van der Waals surface area (Å²) in [6.07, 6.45) is 0. The lowest BCUT2D eigenvalue weighted by Gasteiger charge is -2.11. The zero-order valence-electron chi connectivity index (χ0n) is 29.1. The number of hydrogen-bond acceptors (Lipinski definition) is 18. The fourth-order valence-corrected chi connectivity index (χ4v) is 3.65. The van der Waals surface area contributed by atoms with Crippen LogP contribution in [0.15, 0.2) is 60.7 Å². The molecule has 2 rings (SSSR count). The smallest absolute Gasteiger partial charge is 0.347 e. The first-order valence-electron chi connectivity index (χ1n) is 15.3. The molecule has 0 aliphatic heterocycles. The van der Waals surface area contributed by atoms with Crippen LogP contribution < -0.4 is 0 Å². The Hall–Kier alpha value is -7.38. The maximum absolute atomic E-state index is 12.5. The van der Waals surface area contributed by atoms with Crippen LogP contribution in [0.25, 0.3) is 0 Å². The summed E-state index contributed by atoms with van der Waals surface area (Å²) in [7, 11) is 0. The minimum Gasteiger partial charge on any atom is -0.478 e. The van der Waals surface area contributed by atoms with E-state index in [9.17, 15) is 58.2 Å². The summed E-state index contributed by atoms with van der Waals surface area (Å²) in [5, 5.41) is 19.0. The fraction of sp³-hybridized carbons (Fsp3) is 0.257. The summed E-state index contributed by atoms with van der Waals surface area (Å²) in [4.78, 5) is 120. The third-order valence-electron chi connectivity index (χ3n) is 6.29. The minimum absolute atomic E-state index is 0.123. The lowest BCUT2D eigenvalue weighted by molar-refractivity contribution is -0.171. The number of aromatic carboxylic acids is 2. The Bertz CT molecular complexity index is 1770. The van der Waals surface area contributed by atoms with Crippen LogP contribution in [0.3, 0.4) is 0 Å². The van der Waals surface area contributed by atoms with Crippen molar-refractivity contribution in [2.45, 2.75) is 13.8 Å². The quantitative estimate of drug-likeness (QED) is 0.0636. The average molecular weight is 773 g/mol. The highest BCUT2D eigenvalue weighted by Crippen LogP contribution is 2.17. The summed E-state index contributed by atoms with van der Waals surface area (Å²) in [6, 6.07) is 5.57. The lowest BCUT2D eigenvalue weighted by Crippen LogP contribution is -2.23. The summed E-state index contributed by atoms with van der Waals surface area (Å²) in [6.45, 7) is 5.05. The average Bonchev–Trinajstić information content (AvgIpc) is 3.15. The monoisotopic (exact) mass is 772 g/mol. The number of benzene rings is 2. The number of carboxylic acids is 2. The number of esters is 8. The van der Waals surface area contributed by atoms with Gasteiger partial charge in [-0.25, -0.2) is 47.9 Å². The van der Waals surface area contributed by atoms with Crippen molar-refractivity contribution in [2.24, 2.45) is 0 Å². The summed E-state index contributed by atoms with van der Waals surface area (Å²) in [5.41, 5.74) is -2.79. The van der Waals surface area contributed by atoms with E-state index in [0.717, 1.165) is 36.4 Å². The zero-order valence-corrected chi connectivity index (χ0v) is 29.1. The zero-order chi connectivity index (χ0) is 41.2. The van der Waals surface area contributed by atoms with Gasteiger partial charge in [0.05, 0.1) is 33.4 Å². The van der Waals surface area contributed by atoms with Gasteiger partial charge in [-0.3, -0.25) is 0 Å². The molecule has 0 spiro atoms. The Morgan fingerprint density at radius 1 is 0.473 bits per heavy atom. The Kier molecular flexibility index (Phi) is 16.9. The van der Waals surface area contributed by atoms with E-state index < -0.39 is 102 Å². The van der Waals surface area contributed by atoms with Gasteiger partial charge in [-0.1, -0.05) is 13.2 Å². The first kappa shape index (κ1) is 43.8. The Labute approximate surface area is 310 Å².